The van der Waals surface area contributed by atoms with E-state index in [0.717, 1.165) is 0 Å². The summed E-state index contributed by atoms with van der Waals surface area (Å²) in [7, 11) is 3.80. The van der Waals surface area contributed by atoms with Gasteiger partial charge in [0.2, 0.25) is 0 Å². The molecule has 0 heterocycles. The summed E-state index contributed by atoms with van der Waals surface area (Å²) in [4.78, 5) is 1.92. The number of aliphatic hydroxyl groups excluding tert-OH is 1. The monoisotopic (exact) mass is 170 g/mol. The van der Waals surface area contributed by atoms with Crippen molar-refractivity contribution in [2.24, 2.45) is 11.8 Å². The molecule has 70 valence electrons. The summed E-state index contributed by atoms with van der Waals surface area (Å²) < 4.78 is 0. The first-order chi connectivity index (χ1) is 5.49. The Bertz CT molecular complexity index is 160. The molecule has 0 spiro atoms. The Morgan fingerprint density at radius 2 is 1.92 bits per heavy atom. The van der Waals surface area contributed by atoms with Crippen molar-refractivity contribution in [1.82, 2.24) is 4.90 Å². The molecule has 0 saturated heterocycles. The van der Waals surface area contributed by atoms with E-state index in [2.05, 4.69) is 6.07 Å². The number of nitriles is 1. The molecule has 2 unspecified atom stereocenters. The van der Waals surface area contributed by atoms with Gasteiger partial charge in [0.25, 0.3) is 0 Å². The van der Waals surface area contributed by atoms with Crippen molar-refractivity contribution in [2.75, 3.05) is 20.6 Å². The molecule has 0 aliphatic heterocycles. The van der Waals surface area contributed by atoms with Crippen LogP contribution in [0.1, 0.15) is 13.8 Å². The van der Waals surface area contributed by atoms with E-state index in [1.807, 2.05) is 32.8 Å². The Morgan fingerprint density at radius 1 is 1.42 bits per heavy atom. The van der Waals surface area contributed by atoms with Gasteiger partial charge in [-0.1, -0.05) is 13.8 Å². The topological polar surface area (TPSA) is 47.3 Å². The van der Waals surface area contributed by atoms with Crippen LogP contribution >= 0.6 is 0 Å². The van der Waals surface area contributed by atoms with Crippen molar-refractivity contribution < 1.29 is 5.11 Å². The van der Waals surface area contributed by atoms with Gasteiger partial charge in [-0.25, -0.2) is 0 Å². The van der Waals surface area contributed by atoms with E-state index in [1.165, 1.54) is 0 Å². The number of aliphatic hydroxyl groups is 1. The third kappa shape index (κ3) is 3.70. The highest BCUT2D eigenvalue weighted by Crippen LogP contribution is 2.12. The van der Waals surface area contributed by atoms with Crippen LogP contribution in [0.4, 0.5) is 0 Å². The van der Waals surface area contributed by atoms with Crippen LogP contribution in [0.25, 0.3) is 0 Å². The van der Waals surface area contributed by atoms with Gasteiger partial charge >= 0.3 is 0 Å². The lowest BCUT2D eigenvalue weighted by Crippen LogP contribution is -2.33. The number of rotatable bonds is 4. The molecule has 3 nitrogen and oxygen atoms in total. The van der Waals surface area contributed by atoms with E-state index in [1.54, 1.807) is 0 Å². The second-order valence-electron chi connectivity index (χ2n) is 3.73. The van der Waals surface area contributed by atoms with Crippen LogP contribution in [0.3, 0.4) is 0 Å². The molecule has 0 saturated carbocycles. The molecule has 0 aliphatic carbocycles. The normalized spacial score (nSPS) is 16.2. The Labute approximate surface area is 74.6 Å². The van der Waals surface area contributed by atoms with Gasteiger partial charge in [-0.3, -0.25) is 0 Å². The molecule has 0 radical (unpaired) electrons. The summed E-state index contributed by atoms with van der Waals surface area (Å²) in [6, 6.07) is 2.12. The molecule has 0 aliphatic rings. The zero-order chi connectivity index (χ0) is 9.72. The van der Waals surface area contributed by atoms with Gasteiger partial charge in [0.05, 0.1) is 18.1 Å². The van der Waals surface area contributed by atoms with Gasteiger partial charge in [-0.2, -0.15) is 5.26 Å². The largest absolute Gasteiger partial charge is 0.391 e. The SMILES string of the molecule is CC(C)C(O)C(C#N)CN(C)C. The lowest BCUT2D eigenvalue weighted by Gasteiger charge is -2.22. The Balaban J connectivity index is 4.08. The lowest BCUT2D eigenvalue weighted by atomic mass is 9.94. The van der Waals surface area contributed by atoms with Crippen LogP contribution in [-0.2, 0) is 0 Å². The van der Waals surface area contributed by atoms with E-state index in [-0.39, 0.29) is 11.8 Å². The second-order valence-corrected chi connectivity index (χ2v) is 3.73. The summed E-state index contributed by atoms with van der Waals surface area (Å²) in [5, 5.41) is 18.3. The average Bonchev–Trinajstić information content (AvgIpc) is 1.98. The zero-order valence-electron chi connectivity index (χ0n) is 8.28. The average molecular weight is 170 g/mol. The minimum absolute atomic E-state index is 0.148. The predicted octanol–water partition coefficient (Wildman–Crippen LogP) is 0.705. The summed E-state index contributed by atoms with van der Waals surface area (Å²) >= 11 is 0. The van der Waals surface area contributed by atoms with Crippen LogP contribution in [0.5, 0.6) is 0 Å². The van der Waals surface area contributed by atoms with Gasteiger partial charge < -0.3 is 10.0 Å². The van der Waals surface area contributed by atoms with Crippen LogP contribution < -0.4 is 0 Å². The lowest BCUT2D eigenvalue weighted by molar-refractivity contribution is 0.0754. The minimum Gasteiger partial charge on any atom is -0.391 e. The quantitative estimate of drug-likeness (QED) is 0.675. The van der Waals surface area contributed by atoms with Crippen molar-refractivity contribution in [3.8, 4) is 6.07 Å². The molecule has 0 aromatic rings. The number of nitrogens with zero attached hydrogens (tertiary/aromatic N) is 2. The first-order valence-electron chi connectivity index (χ1n) is 4.21. The van der Waals surface area contributed by atoms with Gasteiger partial charge in [0, 0.05) is 6.54 Å². The third-order valence-corrected chi connectivity index (χ3v) is 1.82. The Hall–Kier alpha value is -0.590. The molecule has 2 atom stereocenters. The highest BCUT2D eigenvalue weighted by Gasteiger charge is 2.22. The summed E-state index contributed by atoms with van der Waals surface area (Å²) in [6.07, 6.45) is -0.516. The fraction of sp³-hybridized carbons (Fsp3) is 0.889. The summed E-state index contributed by atoms with van der Waals surface area (Å²) in [6.45, 7) is 4.46. The van der Waals surface area contributed by atoms with E-state index in [0.29, 0.717) is 6.54 Å². The van der Waals surface area contributed by atoms with Crippen molar-refractivity contribution in [2.45, 2.75) is 20.0 Å². The minimum atomic E-state index is -0.516. The highest BCUT2D eigenvalue weighted by molar-refractivity contribution is 4.90. The van der Waals surface area contributed by atoms with Crippen LogP contribution in [0.2, 0.25) is 0 Å². The van der Waals surface area contributed by atoms with Gasteiger partial charge in [0.1, 0.15) is 0 Å². The van der Waals surface area contributed by atoms with Crippen molar-refractivity contribution in [3.05, 3.63) is 0 Å². The molecule has 0 rings (SSSR count). The maximum atomic E-state index is 9.59. The smallest absolute Gasteiger partial charge is 0.0851 e. The molecular weight excluding hydrogens is 152 g/mol. The molecular formula is C9H18N2O. The van der Waals surface area contributed by atoms with Crippen molar-refractivity contribution in [1.29, 1.82) is 5.26 Å². The molecule has 12 heavy (non-hydrogen) atoms. The fourth-order valence-electron chi connectivity index (χ4n) is 1.08. The molecule has 3 heteroatoms. The van der Waals surface area contributed by atoms with Crippen LogP contribution in [0.15, 0.2) is 0 Å². The maximum absolute atomic E-state index is 9.59. The summed E-state index contributed by atoms with van der Waals surface area (Å²) in [5.41, 5.74) is 0. The zero-order valence-corrected chi connectivity index (χ0v) is 8.28. The third-order valence-electron chi connectivity index (χ3n) is 1.82. The van der Waals surface area contributed by atoms with E-state index in [4.69, 9.17) is 5.26 Å². The van der Waals surface area contributed by atoms with E-state index < -0.39 is 6.10 Å². The first kappa shape index (κ1) is 11.4. The van der Waals surface area contributed by atoms with Gasteiger partial charge in [-0.05, 0) is 20.0 Å². The van der Waals surface area contributed by atoms with E-state index in [9.17, 15) is 5.11 Å². The highest BCUT2D eigenvalue weighted by atomic mass is 16.3. The molecule has 0 aromatic carbocycles. The van der Waals surface area contributed by atoms with E-state index >= 15 is 0 Å². The first-order valence-corrected chi connectivity index (χ1v) is 4.21. The van der Waals surface area contributed by atoms with Crippen LogP contribution in [-0.4, -0.2) is 36.8 Å². The fourth-order valence-corrected chi connectivity index (χ4v) is 1.08. The Morgan fingerprint density at radius 3 is 2.17 bits per heavy atom. The predicted molar refractivity (Wildman–Crippen MR) is 48.5 cm³/mol. The number of hydrogen-bond acceptors (Lipinski definition) is 3. The Kier molecular flexibility index (Phi) is 4.87. The number of hydrogen-bond donors (Lipinski definition) is 1. The summed E-state index contributed by atoms with van der Waals surface area (Å²) in [5.74, 6) is -0.130. The molecule has 0 bridgehead atoms. The second kappa shape index (κ2) is 5.13. The molecule has 0 amide bonds. The molecule has 0 fully saturated rings. The van der Waals surface area contributed by atoms with Crippen molar-refractivity contribution in [3.63, 3.8) is 0 Å². The van der Waals surface area contributed by atoms with Gasteiger partial charge in [-0.15, -0.1) is 0 Å². The van der Waals surface area contributed by atoms with Crippen LogP contribution in [0, 0.1) is 23.2 Å². The van der Waals surface area contributed by atoms with Crippen molar-refractivity contribution >= 4 is 0 Å². The molecule has 1 N–H and O–H groups in total. The maximum Gasteiger partial charge on any atom is 0.0851 e. The standard InChI is InChI=1S/C9H18N2O/c1-7(2)9(12)8(5-10)6-11(3)4/h7-9,12H,6H2,1-4H3. The van der Waals surface area contributed by atoms with Gasteiger partial charge in [0.15, 0.2) is 0 Å². The molecule has 0 aromatic heterocycles.